The smallest absolute Gasteiger partial charge is 0.191 e. The van der Waals surface area contributed by atoms with Gasteiger partial charge in [-0.05, 0) is 45.7 Å². The minimum Gasteiger partial charge on any atom is -0.357 e. The highest BCUT2D eigenvalue weighted by Crippen LogP contribution is 2.14. The average molecular weight is 410 g/mol. The van der Waals surface area contributed by atoms with Gasteiger partial charge in [0.15, 0.2) is 5.96 Å². The molecule has 1 saturated heterocycles. The van der Waals surface area contributed by atoms with Gasteiger partial charge in [-0.1, -0.05) is 26.7 Å². The Kier molecular flexibility index (Phi) is 13.6. The highest BCUT2D eigenvalue weighted by molar-refractivity contribution is 14.0. The summed E-state index contributed by atoms with van der Waals surface area (Å²) in [5, 5.41) is 6.80. The Morgan fingerprint density at radius 3 is 2.38 bits per heavy atom. The summed E-state index contributed by atoms with van der Waals surface area (Å²) in [5.41, 5.74) is 0. The Hall–Kier alpha value is -0.0400. The molecule has 0 aromatic rings. The second-order valence-corrected chi connectivity index (χ2v) is 5.66. The summed E-state index contributed by atoms with van der Waals surface area (Å²) in [5.74, 6) is 0.987. The molecule has 1 heterocycles. The highest BCUT2D eigenvalue weighted by Gasteiger charge is 2.19. The third-order valence-corrected chi connectivity index (χ3v) is 4.01. The van der Waals surface area contributed by atoms with Crippen LogP contribution in [0.5, 0.6) is 0 Å². The van der Waals surface area contributed by atoms with Crippen molar-refractivity contribution in [1.82, 2.24) is 15.5 Å². The Labute approximate surface area is 148 Å². The number of aliphatic imine (C=N–C) groups is 1. The molecular formula is C16H35IN4. The number of hydrogen-bond donors (Lipinski definition) is 2. The van der Waals surface area contributed by atoms with Gasteiger partial charge in [0.1, 0.15) is 0 Å². The second-order valence-electron chi connectivity index (χ2n) is 5.66. The average Bonchev–Trinajstić information content (AvgIpc) is 2.98. The van der Waals surface area contributed by atoms with Crippen LogP contribution in [0.3, 0.4) is 0 Å². The summed E-state index contributed by atoms with van der Waals surface area (Å²) >= 11 is 0. The third kappa shape index (κ3) is 8.86. The number of hydrogen-bond acceptors (Lipinski definition) is 2. The van der Waals surface area contributed by atoms with Gasteiger partial charge < -0.3 is 10.6 Å². The van der Waals surface area contributed by atoms with E-state index in [9.17, 15) is 0 Å². The molecular weight excluding hydrogens is 375 g/mol. The van der Waals surface area contributed by atoms with E-state index in [1.165, 1.54) is 51.6 Å². The first-order valence-electron chi connectivity index (χ1n) is 8.58. The largest absolute Gasteiger partial charge is 0.357 e. The SMILES string of the molecule is CCCCCNC(=NCC(CC)N1CCCC1)NCC.I. The summed E-state index contributed by atoms with van der Waals surface area (Å²) in [4.78, 5) is 7.38. The van der Waals surface area contributed by atoms with Gasteiger partial charge >= 0.3 is 0 Å². The first kappa shape index (κ1) is 21.0. The molecule has 126 valence electrons. The van der Waals surface area contributed by atoms with Gasteiger partial charge in [0.05, 0.1) is 6.54 Å². The van der Waals surface area contributed by atoms with Crippen LogP contribution in [0.4, 0.5) is 0 Å². The summed E-state index contributed by atoms with van der Waals surface area (Å²) < 4.78 is 0. The topological polar surface area (TPSA) is 39.7 Å². The van der Waals surface area contributed by atoms with Crippen molar-refractivity contribution in [3.63, 3.8) is 0 Å². The molecule has 0 bridgehead atoms. The standard InChI is InChI=1S/C16H34N4.HI/c1-4-7-8-11-18-16(17-6-3)19-14-15(5-2)20-12-9-10-13-20;/h15H,4-14H2,1-3H3,(H2,17,18,19);1H. The predicted molar refractivity (Wildman–Crippen MR) is 104 cm³/mol. The van der Waals surface area contributed by atoms with E-state index in [4.69, 9.17) is 4.99 Å². The van der Waals surface area contributed by atoms with E-state index in [-0.39, 0.29) is 24.0 Å². The lowest BCUT2D eigenvalue weighted by atomic mass is 10.2. The Morgan fingerprint density at radius 1 is 1.10 bits per heavy atom. The minimum absolute atomic E-state index is 0. The van der Waals surface area contributed by atoms with Gasteiger partial charge in [0.25, 0.3) is 0 Å². The summed E-state index contributed by atoms with van der Waals surface area (Å²) in [6.07, 6.45) is 7.69. The van der Waals surface area contributed by atoms with Crippen molar-refractivity contribution in [1.29, 1.82) is 0 Å². The fraction of sp³-hybridized carbons (Fsp3) is 0.938. The maximum Gasteiger partial charge on any atom is 0.191 e. The summed E-state index contributed by atoms with van der Waals surface area (Å²) in [7, 11) is 0. The number of nitrogens with zero attached hydrogens (tertiary/aromatic N) is 2. The van der Waals surface area contributed by atoms with Crippen molar-refractivity contribution in [2.75, 3.05) is 32.7 Å². The number of guanidine groups is 1. The van der Waals surface area contributed by atoms with Crippen molar-refractivity contribution in [2.45, 2.75) is 65.3 Å². The van der Waals surface area contributed by atoms with Crippen molar-refractivity contribution < 1.29 is 0 Å². The molecule has 2 N–H and O–H groups in total. The first-order chi connectivity index (χ1) is 9.81. The van der Waals surface area contributed by atoms with Crippen molar-refractivity contribution in [3.8, 4) is 0 Å². The van der Waals surface area contributed by atoms with Crippen molar-refractivity contribution in [3.05, 3.63) is 0 Å². The zero-order valence-electron chi connectivity index (χ0n) is 14.2. The van der Waals surface area contributed by atoms with E-state index in [0.717, 1.165) is 25.6 Å². The lowest BCUT2D eigenvalue weighted by Crippen LogP contribution is -2.40. The lowest BCUT2D eigenvalue weighted by Gasteiger charge is -2.25. The molecule has 1 unspecified atom stereocenters. The summed E-state index contributed by atoms with van der Waals surface area (Å²) in [6.45, 7) is 12.0. The second kappa shape index (κ2) is 13.6. The van der Waals surface area contributed by atoms with Crippen LogP contribution in [-0.4, -0.2) is 49.6 Å². The van der Waals surface area contributed by atoms with Crippen LogP contribution in [0, 0.1) is 0 Å². The van der Waals surface area contributed by atoms with Gasteiger partial charge in [-0.25, -0.2) is 0 Å². The highest BCUT2D eigenvalue weighted by atomic mass is 127. The van der Waals surface area contributed by atoms with Gasteiger partial charge in [-0.15, -0.1) is 24.0 Å². The van der Waals surface area contributed by atoms with Gasteiger partial charge in [0, 0.05) is 19.1 Å². The Bertz CT molecular complexity index is 265. The number of halogens is 1. The molecule has 1 aliphatic rings. The molecule has 1 aliphatic heterocycles. The molecule has 0 saturated carbocycles. The van der Waals surface area contributed by atoms with E-state index in [1.54, 1.807) is 0 Å². The maximum atomic E-state index is 4.78. The molecule has 1 rings (SSSR count). The quantitative estimate of drug-likeness (QED) is 0.265. The van der Waals surface area contributed by atoms with Crippen LogP contribution in [0.2, 0.25) is 0 Å². The fourth-order valence-corrected chi connectivity index (χ4v) is 2.73. The van der Waals surface area contributed by atoms with Gasteiger partial charge in [-0.3, -0.25) is 9.89 Å². The molecule has 0 aromatic carbocycles. The van der Waals surface area contributed by atoms with Crippen molar-refractivity contribution >= 4 is 29.9 Å². The van der Waals surface area contributed by atoms with Crippen LogP contribution in [0.25, 0.3) is 0 Å². The van der Waals surface area contributed by atoms with E-state index < -0.39 is 0 Å². The van der Waals surface area contributed by atoms with E-state index in [2.05, 4.69) is 36.3 Å². The number of nitrogens with one attached hydrogen (secondary N) is 2. The molecule has 0 aliphatic carbocycles. The minimum atomic E-state index is 0. The monoisotopic (exact) mass is 410 g/mol. The molecule has 1 fully saturated rings. The zero-order chi connectivity index (χ0) is 14.6. The number of rotatable bonds is 9. The van der Waals surface area contributed by atoms with Crippen LogP contribution in [0.1, 0.15) is 59.3 Å². The molecule has 0 radical (unpaired) electrons. The first-order valence-corrected chi connectivity index (χ1v) is 8.58. The lowest BCUT2D eigenvalue weighted by molar-refractivity contribution is 0.242. The Morgan fingerprint density at radius 2 is 1.81 bits per heavy atom. The van der Waals surface area contributed by atoms with Crippen LogP contribution < -0.4 is 10.6 Å². The van der Waals surface area contributed by atoms with Crippen LogP contribution in [0.15, 0.2) is 4.99 Å². The van der Waals surface area contributed by atoms with Crippen molar-refractivity contribution in [2.24, 2.45) is 4.99 Å². The van der Waals surface area contributed by atoms with Crippen LogP contribution >= 0.6 is 24.0 Å². The number of likely N-dealkylation sites (tertiary alicyclic amines) is 1. The van der Waals surface area contributed by atoms with Gasteiger partial charge in [0.2, 0.25) is 0 Å². The molecule has 1 atom stereocenters. The normalized spacial score (nSPS) is 17.4. The zero-order valence-corrected chi connectivity index (χ0v) is 16.5. The summed E-state index contributed by atoms with van der Waals surface area (Å²) in [6, 6.07) is 0.614. The van der Waals surface area contributed by atoms with E-state index in [1.807, 2.05) is 0 Å². The fourth-order valence-electron chi connectivity index (χ4n) is 2.73. The van der Waals surface area contributed by atoms with E-state index in [0.29, 0.717) is 6.04 Å². The number of unbranched alkanes of at least 4 members (excludes halogenated alkanes) is 2. The molecule has 0 spiro atoms. The molecule has 4 nitrogen and oxygen atoms in total. The van der Waals surface area contributed by atoms with E-state index >= 15 is 0 Å². The molecule has 21 heavy (non-hydrogen) atoms. The van der Waals surface area contributed by atoms with Gasteiger partial charge in [-0.2, -0.15) is 0 Å². The maximum absolute atomic E-state index is 4.78. The van der Waals surface area contributed by atoms with Crippen LogP contribution in [-0.2, 0) is 0 Å². The molecule has 0 aromatic heterocycles. The predicted octanol–water partition coefficient (Wildman–Crippen LogP) is 3.22. The molecule has 5 heteroatoms. The molecule has 0 amide bonds. The third-order valence-electron chi connectivity index (χ3n) is 4.01. The Balaban J connectivity index is 0.00000400.